The number of amides is 1. The third kappa shape index (κ3) is 5.59. The van der Waals surface area contributed by atoms with E-state index in [2.05, 4.69) is 10.4 Å². The molecule has 1 N–H and O–H groups in total. The molecule has 0 aliphatic rings. The number of carbonyl (C=O) groups is 1. The van der Waals surface area contributed by atoms with E-state index < -0.39 is 0 Å². The molecule has 0 atom stereocenters. The zero-order chi connectivity index (χ0) is 19.1. The fourth-order valence-electron chi connectivity index (χ4n) is 2.72. The molecule has 0 saturated carbocycles. The fraction of sp³-hybridized carbons (Fsp3) is 0.238. The standard InChI is InChI=1S/C21H22ClN3O2/c1-16-13-19(22)7-8-20(16)27-15-17-5-2-6-18(14-17)21(26)23-9-3-11-25-12-4-10-24-25/h2,4-8,10,12-14H,3,9,11,15H2,1H3,(H,23,26). The minimum atomic E-state index is -0.0833. The number of hydrogen-bond donors (Lipinski definition) is 1. The Morgan fingerprint density at radius 2 is 2.11 bits per heavy atom. The number of aryl methyl sites for hydroxylation is 2. The lowest BCUT2D eigenvalue weighted by Crippen LogP contribution is -2.25. The van der Waals surface area contributed by atoms with Gasteiger partial charge in [-0.1, -0.05) is 23.7 Å². The number of carbonyl (C=O) groups excluding carboxylic acids is 1. The third-order valence-corrected chi connectivity index (χ3v) is 4.36. The molecule has 3 rings (SSSR count). The van der Waals surface area contributed by atoms with Gasteiger partial charge in [-0.05, 0) is 60.9 Å². The molecule has 1 aromatic heterocycles. The summed E-state index contributed by atoms with van der Waals surface area (Å²) < 4.78 is 7.70. The first-order valence-corrected chi connectivity index (χ1v) is 9.23. The third-order valence-electron chi connectivity index (χ3n) is 4.13. The lowest BCUT2D eigenvalue weighted by Gasteiger charge is -2.11. The van der Waals surface area contributed by atoms with Crippen LogP contribution in [0.15, 0.2) is 60.9 Å². The maximum absolute atomic E-state index is 12.3. The zero-order valence-corrected chi connectivity index (χ0v) is 15.9. The second-order valence-corrected chi connectivity index (χ2v) is 6.71. The molecule has 0 unspecified atom stereocenters. The van der Waals surface area contributed by atoms with Crippen LogP contribution in [0.4, 0.5) is 0 Å². The van der Waals surface area contributed by atoms with Crippen LogP contribution in [0.1, 0.15) is 27.9 Å². The first-order chi connectivity index (χ1) is 13.1. The lowest BCUT2D eigenvalue weighted by molar-refractivity contribution is 0.0952. The predicted molar refractivity (Wildman–Crippen MR) is 106 cm³/mol. The SMILES string of the molecule is Cc1cc(Cl)ccc1OCc1cccc(C(=O)NCCCn2cccn2)c1. The maximum atomic E-state index is 12.3. The summed E-state index contributed by atoms with van der Waals surface area (Å²) >= 11 is 5.97. The molecule has 5 nitrogen and oxygen atoms in total. The van der Waals surface area contributed by atoms with Crippen molar-refractivity contribution in [3.8, 4) is 5.75 Å². The van der Waals surface area contributed by atoms with Gasteiger partial charge in [0, 0.05) is 36.1 Å². The Morgan fingerprint density at radius 1 is 1.22 bits per heavy atom. The second kappa shape index (κ2) is 9.24. The van der Waals surface area contributed by atoms with Gasteiger partial charge in [-0.3, -0.25) is 9.48 Å². The number of benzene rings is 2. The summed E-state index contributed by atoms with van der Waals surface area (Å²) in [6, 6.07) is 14.9. The van der Waals surface area contributed by atoms with Crippen LogP contribution in [0.3, 0.4) is 0 Å². The highest BCUT2D eigenvalue weighted by Gasteiger charge is 2.07. The summed E-state index contributed by atoms with van der Waals surface area (Å²) in [4.78, 5) is 12.3. The Morgan fingerprint density at radius 3 is 2.89 bits per heavy atom. The molecule has 0 saturated heterocycles. The number of aromatic nitrogens is 2. The summed E-state index contributed by atoms with van der Waals surface area (Å²) in [6.45, 7) is 3.72. The van der Waals surface area contributed by atoms with Crippen molar-refractivity contribution < 1.29 is 9.53 Å². The normalized spacial score (nSPS) is 10.6. The van der Waals surface area contributed by atoms with E-state index in [-0.39, 0.29) is 5.91 Å². The number of ether oxygens (including phenoxy) is 1. The Bertz CT molecular complexity index is 894. The predicted octanol–water partition coefficient (Wildman–Crippen LogP) is 4.24. The number of nitrogens with zero attached hydrogens (tertiary/aromatic N) is 2. The lowest BCUT2D eigenvalue weighted by atomic mass is 10.1. The van der Waals surface area contributed by atoms with Gasteiger partial charge in [-0.2, -0.15) is 5.10 Å². The highest BCUT2D eigenvalue weighted by atomic mass is 35.5. The van der Waals surface area contributed by atoms with E-state index >= 15 is 0 Å². The molecule has 0 bridgehead atoms. The van der Waals surface area contributed by atoms with Crippen LogP contribution in [-0.4, -0.2) is 22.2 Å². The van der Waals surface area contributed by atoms with Crippen LogP contribution >= 0.6 is 11.6 Å². The van der Waals surface area contributed by atoms with Crippen molar-refractivity contribution in [2.45, 2.75) is 26.5 Å². The molecule has 1 amide bonds. The van der Waals surface area contributed by atoms with Gasteiger partial charge in [0.2, 0.25) is 0 Å². The molecule has 140 valence electrons. The van der Waals surface area contributed by atoms with Gasteiger partial charge in [0.05, 0.1) is 0 Å². The minimum Gasteiger partial charge on any atom is -0.489 e. The molecule has 27 heavy (non-hydrogen) atoms. The van der Waals surface area contributed by atoms with Gasteiger partial charge in [0.25, 0.3) is 5.91 Å². The molecule has 2 aromatic carbocycles. The van der Waals surface area contributed by atoms with Crippen molar-refractivity contribution in [3.63, 3.8) is 0 Å². The molecule has 0 aliphatic carbocycles. The van der Waals surface area contributed by atoms with Crippen LogP contribution < -0.4 is 10.1 Å². The van der Waals surface area contributed by atoms with E-state index in [4.69, 9.17) is 16.3 Å². The Labute approximate surface area is 163 Å². The van der Waals surface area contributed by atoms with Crippen molar-refractivity contribution in [1.82, 2.24) is 15.1 Å². The fourth-order valence-corrected chi connectivity index (χ4v) is 2.94. The quantitative estimate of drug-likeness (QED) is 0.592. The van der Waals surface area contributed by atoms with E-state index in [0.29, 0.717) is 23.7 Å². The van der Waals surface area contributed by atoms with Crippen molar-refractivity contribution in [2.24, 2.45) is 0 Å². The maximum Gasteiger partial charge on any atom is 0.251 e. The number of nitrogens with one attached hydrogen (secondary N) is 1. The molecule has 6 heteroatoms. The number of halogens is 1. The number of hydrogen-bond acceptors (Lipinski definition) is 3. The Hall–Kier alpha value is -2.79. The molecular weight excluding hydrogens is 362 g/mol. The van der Waals surface area contributed by atoms with Crippen molar-refractivity contribution >= 4 is 17.5 Å². The van der Waals surface area contributed by atoms with Crippen molar-refractivity contribution in [1.29, 1.82) is 0 Å². The average molecular weight is 384 g/mol. The van der Waals surface area contributed by atoms with Crippen LogP contribution in [0.2, 0.25) is 5.02 Å². The minimum absolute atomic E-state index is 0.0833. The van der Waals surface area contributed by atoms with E-state index in [9.17, 15) is 4.79 Å². The van der Waals surface area contributed by atoms with E-state index in [1.54, 1.807) is 18.3 Å². The summed E-state index contributed by atoms with van der Waals surface area (Å²) in [6.07, 6.45) is 4.48. The van der Waals surface area contributed by atoms with Gasteiger partial charge in [-0.15, -0.1) is 0 Å². The first kappa shape index (κ1) is 19.0. The van der Waals surface area contributed by atoms with Gasteiger partial charge in [0.1, 0.15) is 12.4 Å². The largest absolute Gasteiger partial charge is 0.489 e. The molecule has 0 aliphatic heterocycles. The number of rotatable bonds is 8. The summed E-state index contributed by atoms with van der Waals surface area (Å²) in [5, 5.41) is 7.77. The second-order valence-electron chi connectivity index (χ2n) is 6.28. The zero-order valence-electron chi connectivity index (χ0n) is 15.2. The molecule has 0 spiro atoms. The van der Waals surface area contributed by atoms with Gasteiger partial charge in [-0.25, -0.2) is 0 Å². The van der Waals surface area contributed by atoms with Crippen LogP contribution in [-0.2, 0) is 13.2 Å². The molecule has 0 fully saturated rings. The monoisotopic (exact) mass is 383 g/mol. The van der Waals surface area contributed by atoms with Gasteiger partial charge < -0.3 is 10.1 Å². The van der Waals surface area contributed by atoms with E-state index in [1.165, 1.54) is 0 Å². The van der Waals surface area contributed by atoms with Crippen molar-refractivity contribution in [3.05, 3.63) is 82.6 Å². The van der Waals surface area contributed by atoms with E-state index in [0.717, 1.165) is 29.8 Å². The highest BCUT2D eigenvalue weighted by Crippen LogP contribution is 2.22. The summed E-state index contributed by atoms with van der Waals surface area (Å²) in [5.74, 6) is 0.702. The van der Waals surface area contributed by atoms with E-state index in [1.807, 2.05) is 54.2 Å². The summed E-state index contributed by atoms with van der Waals surface area (Å²) in [7, 11) is 0. The molecular formula is C21H22ClN3O2. The van der Waals surface area contributed by atoms with Gasteiger partial charge in [0.15, 0.2) is 0 Å². The molecule has 1 heterocycles. The average Bonchev–Trinajstić information content (AvgIpc) is 3.18. The molecule has 3 aromatic rings. The van der Waals surface area contributed by atoms with Crippen LogP contribution in [0.5, 0.6) is 5.75 Å². The topological polar surface area (TPSA) is 56.1 Å². The van der Waals surface area contributed by atoms with Crippen LogP contribution in [0.25, 0.3) is 0 Å². The Balaban J connectivity index is 1.50. The highest BCUT2D eigenvalue weighted by molar-refractivity contribution is 6.30. The van der Waals surface area contributed by atoms with Gasteiger partial charge >= 0.3 is 0 Å². The summed E-state index contributed by atoms with van der Waals surface area (Å²) in [5.41, 5.74) is 2.55. The van der Waals surface area contributed by atoms with Crippen molar-refractivity contribution in [2.75, 3.05) is 6.54 Å². The van der Waals surface area contributed by atoms with Crippen LogP contribution in [0, 0.1) is 6.92 Å². The smallest absolute Gasteiger partial charge is 0.251 e. The Kier molecular flexibility index (Phi) is 6.49. The first-order valence-electron chi connectivity index (χ1n) is 8.85. The molecule has 0 radical (unpaired) electrons.